The first kappa shape index (κ1) is 20.4. The molecule has 2 N–H and O–H groups in total. The minimum Gasteiger partial charge on any atom is -0.349 e. The van der Waals surface area contributed by atoms with Gasteiger partial charge in [0.2, 0.25) is 10.0 Å². The van der Waals surface area contributed by atoms with E-state index in [1.165, 1.54) is 53.5 Å². The van der Waals surface area contributed by atoms with Crippen molar-refractivity contribution >= 4 is 15.9 Å². The Morgan fingerprint density at radius 3 is 2.76 bits per heavy atom. The van der Waals surface area contributed by atoms with Crippen LogP contribution in [0.3, 0.4) is 0 Å². The van der Waals surface area contributed by atoms with Gasteiger partial charge >= 0.3 is 0 Å². The number of nitrogens with one attached hydrogen (secondary N) is 2. The van der Waals surface area contributed by atoms with E-state index in [1.54, 1.807) is 18.3 Å². The van der Waals surface area contributed by atoms with Crippen LogP contribution < -0.4 is 10.0 Å². The first-order valence-corrected chi connectivity index (χ1v) is 10.1. The lowest BCUT2D eigenvalue weighted by atomic mass is 10.2. The molecule has 2 aromatic carbocycles. The standard InChI is InChI=1S/C20H19FN4O3S/c1-2-8-23-20(26)16-4-3-5-17(12-16)29(27,28)24-13-15-6-7-19(18(21)11-15)25-10-9-22-14-25/h2-7,9-12,14,24H,1,8,13H2,(H,23,26). The highest BCUT2D eigenvalue weighted by molar-refractivity contribution is 7.89. The first-order valence-electron chi connectivity index (χ1n) is 8.66. The highest BCUT2D eigenvalue weighted by atomic mass is 32.2. The fraction of sp³-hybridized carbons (Fsp3) is 0.100. The van der Waals surface area contributed by atoms with Crippen molar-refractivity contribution in [2.24, 2.45) is 0 Å². The Bertz CT molecular complexity index is 1130. The van der Waals surface area contributed by atoms with E-state index < -0.39 is 21.7 Å². The predicted molar refractivity (Wildman–Crippen MR) is 107 cm³/mol. The monoisotopic (exact) mass is 414 g/mol. The highest BCUT2D eigenvalue weighted by Gasteiger charge is 2.16. The molecule has 0 fully saturated rings. The maximum absolute atomic E-state index is 14.3. The minimum atomic E-state index is -3.89. The average Bonchev–Trinajstić information content (AvgIpc) is 3.25. The van der Waals surface area contributed by atoms with Gasteiger partial charge in [0.05, 0.1) is 16.9 Å². The molecule has 9 heteroatoms. The molecule has 0 aliphatic rings. The van der Waals surface area contributed by atoms with Crippen molar-refractivity contribution in [3.05, 3.63) is 90.8 Å². The maximum atomic E-state index is 14.3. The van der Waals surface area contributed by atoms with Crippen LogP contribution in [0.5, 0.6) is 0 Å². The van der Waals surface area contributed by atoms with Crippen molar-refractivity contribution in [1.82, 2.24) is 19.6 Å². The summed E-state index contributed by atoms with van der Waals surface area (Å²) in [6.45, 7) is 3.68. The summed E-state index contributed by atoms with van der Waals surface area (Å²) in [5.41, 5.74) is 0.979. The highest BCUT2D eigenvalue weighted by Crippen LogP contribution is 2.16. The summed E-state index contributed by atoms with van der Waals surface area (Å²) in [6, 6.07) is 10.1. The van der Waals surface area contributed by atoms with Crippen molar-refractivity contribution in [3.63, 3.8) is 0 Å². The first-order chi connectivity index (χ1) is 13.9. The van der Waals surface area contributed by atoms with Crippen LogP contribution in [0.25, 0.3) is 5.69 Å². The Morgan fingerprint density at radius 2 is 2.07 bits per heavy atom. The molecule has 1 aromatic heterocycles. The number of amides is 1. The molecule has 0 radical (unpaired) electrons. The van der Waals surface area contributed by atoms with Gasteiger partial charge in [-0.3, -0.25) is 4.79 Å². The van der Waals surface area contributed by atoms with Gasteiger partial charge in [-0.15, -0.1) is 6.58 Å². The van der Waals surface area contributed by atoms with Crippen molar-refractivity contribution in [2.75, 3.05) is 6.54 Å². The zero-order chi connectivity index (χ0) is 20.9. The lowest BCUT2D eigenvalue weighted by Gasteiger charge is -2.10. The summed E-state index contributed by atoms with van der Waals surface area (Å²) in [7, 11) is -3.89. The molecule has 150 valence electrons. The molecule has 1 heterocycles. The minimum absolute atomic E-state index is 0.0562. The topological polar surface area (TPSA) is 93.1 Å². The molecule has 3 rings (SSSR count). The van der Waals surface area contributed by atoms with Crippen LogP contribution in [0.4, 0.5) is 4.39 Å². The third-order valence-corrected chi connectivity index (χ3v) is 5.47. The summed E-state index contributed by atoms with van der Waals surface area (Å²) >= 11 is 0. The summed E-state index contributed by atoms with van der Waals surface area (Å²) in [4.78, 5) is 15.8. The average molecular weight is 414 g/mol. The van der Waals surface area contributed by atoms with Gasteiger partial charge < -0.3 is 9.88 Å². The van der Waals surface area contributed by atoms with Crippen molar-refractivity contribution < 1.29 is 17.6 Å². The van der Waals surface area contributed by atoms with E-state index in [9.17, 15) is 17.6 Å². The zero-order valence-corrected chi connectivity index (χ0v) is 16.2. The van der Waals surface area contributed by atoms with Gasteiger partial charge in [-0.05, 0) is 35.9 Å². The van der Waals surface area contributed by atoms with Crippen LogP contribution >= 0.6 is 0 Å². The van der Waals surface area contributed by atoms with Crippen LogP contribution in [-0.2, 0) is 16.6 Å². The number of aromatic nitrogens is 2. The van der Waals surface area contributed by atoms with Crippen LogP contribution in [0.2, 0.25) is 0 Å². The Morgan fingerprint density at radius 1 is 1.24 bits per heavy atom. The van der Waals surface area contributed by atoms with E-state index in [-0.39, 0.29) is 23.5 Å². The van der Waals surface area contributed by atoms with Gasteiger partial charge in [-0.25, -0.2) is 22.5 Å². The largest absolute Gasteiger partial charge is 0.349 e. The van der Waals surface area contributed by atoms with Gasteiger partial charge in [0.1, 0.15) is 5.82 Å². The number of halogens is 1. The number of carbonyl (C=O) groups excluding carboxylic acids is 1. The van der Waals surface area contributed by atoms with Gasteiger partial charge in [0.15, 0.2) is 0 Å². The second-order valence-corrected chi connectivity index (χ2v) is 7.87. The number of sulfonamides is 1. The quantitative estimate of drug-likeness (QED) is 0.554. The van der Waals surface area contributed by atoms with Crippen molar-refractivity contribution in [2.45, 2.75) is 11.4 Å². The molecular weight excluding hydrogens is 395 g/mol. The molecule has 7 nitrogen and oxygen atoms in total. The maximum Gasteiger partial charge on any atom is 0.251 e. The number of benzene rings is 2. The molecular formula is C20H19FN4O3S. The Balaban J connectivity index is 1.72. The van der Waals surface area contributed by atoms with E-state index in [0.29, 0.717) is 11.3 Å². The molecule has 0 saturated carbocycles. The lowest BCUT2D eigenvalue weighted by Crippen LogP contribution is -2.25. The Hall–Kier alpha value is -3.30. The van der Waals surface area contributed by atoms with Crippen LogP contribution in [-0.4, -0.2) is 30.4 Å². The van der Waals surface area contributed by atoms with Crippen LogP contribution in [0.15, 0.2) is 78.7 Å². The van der Waals surface area contributed by atoms with E-state index in [0.717, 1.165) is 0 Å². The second kappa shape index (κ2) is 8.80. The number of hydrogen-bond acceptors (Lipinski definition) is 4. The van der Waals surface area contributed by atoms with Gasteiger partial charge in [0, 0.05) is 31.0 Å². The van der Waals surface area contributed by atoms with Gasteiger partial charge in [-0.1, -0.05) is 18.2 Å². The second-order valence-electron chi connectivity index (χ2n) is 6.11. The van der Waals surface area contributed by atoms with Crippen molar-refractivity contribution in [1.29, 1.82) is 0 Å². The number of imidazole rings is 1. The summed E-state index contributed by atoms with van der Waals surface area (Å²) < 4.78 is 43.4. The predicted octanol–water partition coefficient (Wildman–Crippen LogP) is 2.41. The number of hydrogen-bond donors (Lipinski definition) is 2. The summed E-state index contributed by atoms with van der Waals surface area (Å²) in [5.74, 6) is -0.903. The normalized spacial score (nSPS) is 11.2. The fourth-order valence-corrected chi connectivity index (χ4v) is 3.67. The van der Waals surface area contributed by atoms with E-state index >= 15 is 0 Å². The Kier molecular flexibility index (Phi) is 6.20. The smallest absolute Gasteiger partial charge is 0.251 e. The van der Waals surface area contributed by atoms with Gasteiger partial charge in [-0.2, -0.15) is 0 Å². The third kappa shape index (κ3) is 4.95. The van der Waals surface area contributed by atoms with E-state index in [4.69, 9.17) is 0 Å². The number of nitrogens with zero attached hydrogens (tertiary/aromatic N) is 2. The van der Waals surface area contributed by atoms with E-state index in [1.807, 2.05) is 0 Å². The summed E-state index contributed by atoms with van der Waals surface area (Å²) in [6.07, 6.45) is 6.14. The molecule has 0 atom stereocenters. The molecule has 0 spiro atoms. The molecule has 0 bridgehead atoms. The lowest BCUT2D eigenvalue weighted by molar-refractivity contribution is 0.0958. The van der Waals surface area contributed by atoms with Crippen LogP contribution in [0.1, 0.15) is 15.9 Å². The fourth-order valence-electron chi connectivity index (χ4n) is 2.60. The molecule has 29 heavy (non-hydrogen) atoms. The number of carbonyl (C=O) groups is 1. The molecule has 0 saturated heterocycles. The molecule has 1 amide bonds. The molecule has 0 aliphatic heterocycles. The molecule has 3 aromatic rings. The molecule has 0 aliphatic carbocycles. The molecule has 0 unspecified atom stereocenters. The SMILES string of the molecule is C=CCNC(=O)c1cccc(S(=O)(=O)NCc2ccc(-n3ccnc3)c(F)c2)c1. The van der Waals surface area contributed by atoms with Crippen LogP contribution in [0, 0.1) is 5.82 Å². The van der Waals surface area contributed by atoms with Gasteiger partial charge in [0.25, 0.3) is 5.91 Å². The summed E-state index contributed by atoms with van der Waals surface area (Å²) in [5, 5.41) is 2.59. The Labute approximate surface area is 168 Å². The third-order valence-electron chi connectivity index (χ3n) is 4.07. The zero-order valence-electron chi connectivity index (χ0n) is 15.4. The van der Waals surface area contributed by atoms with E-state index in [2.05, 4.69) is 21.6 Å². The van der Waals surface area contributed by atoms with Crippen molar-refractivity contribution in [3.8, 4) is 5.69 Å². The number of rotatable bonds is 8.